The Balaban J connectivity index is 1.54. The number of nitrogens with zero attached hydrogens (tertiary/aromatic N) is 3. The number of halogens is 1. The van der Waals surface area contributed by atoms with Gasteiger partial charge in [0.25, 0.3) is 0 Å². The zero-order chi connectivity index (χ0) is 25.8. The molecule has 1 aromatic rings. The quantitative estimate of drug-likeness (QED) is 0.459. The second kappa shape index (κ2) is 12.4. The van der Waals surface area contributed by atoms with Crippen LogP contribution >= 0.6 is 15.9 Å². The van der Waals surface area contributed by atoms with Crippen LogP contribution in [0, 0.1) is 11.8 Å². The van der Waals surface area contributed by atoms with Gasteiger partial charge < -0.3 is 24.2 Å². The number of fused-ring (bicyclic) bond motifs is 2. The van der Waals surface area contributed by atoms with Crippen LogP contribution in [-0.4, -0.2) is 95.5 Å². The van der Waals surface area contributed by atoms with Crippen molar-refractivity contribution < 1.29 is 24.1 Å². The molecule has 2 saturated heterocycles. The molecule has 0 radical (unpaired) electrons. The molecule has 8 nitrogen and oxygen atoms in total. The van der Waals surface area contributed by atoms with Crippen LogP contribution in [0.2, 0.25) is 0 Å². The predicted octanol–water partition coefficient (Wildman–Crippen LogP) is 3.30. The van der Waals surface area contributed by atoms with Gasteiger partial charge >= 0.3 is 0 Å². The SMILES string of the molecule is CCCCN1CC(Br)CC2C(=O)N(C(C)CO)CC(C)C(CN(C)Cc3ccc4c(c3)OCO4)OC21. The summed E-state index contributed by atoms with van der Waals surface area (Å²) in [6.45, 7) is 10.4. The van der Waals surface area contributed by atoms with E-state index in [0.717, 1.165) is 62.5 Å². The van der Waals surface area contributed by atoms with Gasteiger partial charge in [-0.05, 0) is 44.5 Å². The van der Waals surface area contributed by atoms with Gasteiger partial charge in [0.1, 0.15) is 6.23 Å². The van der Waals surface area contributed by atoms with Crippen molar-refractivity contribution in [3.05, 3.63) is 23.8 Å². The van der Waals surface area contributed by atoms with E-state index in [1.54, 1.807) is 0 Å². The van der Waals surface area contributed by atoms with Gasteiger partial charge in [-0.2, -0.15) is 0 Å². The highest BCUT2D eigenvalue weighted by molar-refractivity contribution is 9.09. The van der Waals surface area contributed by atoms with Gasteiger partial charge in [0.15, 0.2) is 11.5 Å². The molecule has 0 aromatic heterocycles. The smallest absolute Gasteiger partial charge is 0.231 e. The van der Waals surface area contributed by atoms with Gasteiger partial charge in [-0.1, -0.05) is 42.3 Å². The number of unbranched alkanes of at least 4 members (excludes halogenated alkanes) is 1. The van der Waals surface area contributed by atoms with Crippen LogP contribution in [-0.2, 0) is 16.1 Å². The molecule has 3 aliphatic heterocycles. The summed E-state index contributed by atoms with van der Waals surface area (Å²) in [5, 5.41) is 9.94. The zero-order valence-corrected chi connectivity index (χ0v) is 23.7. The number of benzene rings is 1. The normalized spacial score (nSPS) is 29.7. The molecule has 1 N–H and O–H groups in total. The molecule has 3 heterocycles. The summed E-state index contributed by atoms with van der Waals surface area (Å²) in [6, 6.07) is 5.88. The summed E-state index contributed by atoms with van der Waals surface area (Å²) in [5.74, 6) is 1.57. The van der Waals surface area contributed by atoms with E-state index in [2.05, 4.69) is 52.7 Å². The molecule has 0 spiro atoms. The van der Waals surface area contributed by atoms with Crippen LogP contribution in [0.1, 0.15) is 45.6 Å². The zero-order valence-electron chi connectivity index (χ0n) is 22.1. The van der Waals surface area contributed by atoms with Crippen molar-refractivity contribution in [2.75, 3.05) is 46.6 Å². The highest BCUT2D eigenvalue weighted by atomic mass is 79.9. The van der Waals surface area contributed by atoms with Crippen LogP contribution in [0.4, 0.5) is 0 Å². The average Bonchev–Trinajstić information content (AvgIpc) is 3.32. The topological polar surface area (TPSA) is 74.7 Å². The van der Waals surface area contributed by atoms with Crippen molar-refractivity contribution in [1.29, 1.82) is 0 Å². The lowest BCUT2D eigenvalue weighted by Gasteiger charge is -2.49. The first kappa shape index (κ1) is 27.6. The molecular formula is C27H42BrN3O5. The van der Waals surface area contributed by atoms with Gasteiger partial charge in [0.05, 0.1) is 24.7 Å². The van der Waals surface area contributed by atoms with E-state index >= 15 is 0 Å². The second-order valence-electron chi connectivity index (χ2n) is 10.7. The van der Waals surface area contributed by atoms with Crippen molar-refractivity contribution in [3.63, 3.8) is 0 Å². The van der Waals surface area contributed by atoms with E-state index in [1.165, 1.54) is 0 Å². The molecule has 0 bridgehead atoms. The van der Waals surface area contributed by atoms with Crippen LogP contribution < -0.4 is 9.47 Å². The molecular weight excluding hydrogens is 526 g/mol. The Morgan fingerprint density at radius 2 is 2.03 bits per heavy atom. The molecule has 202 valence electrons. The van der Waals surface area contributed by atoms with Gasteiger partial charge in [0.2, 0.25) is 12.7 Å². The van der Waals surface area contributed by atoms with E-state index in [9.17, 15) is 9.90 Å². The van der Waals surface area contributed by atoms with Gasteiger partial charge in [-0.25, -0.2) is 0 Å². The summed E-state index contributed by atoms with van der Waals surface area (Å²) in [4.78, 5) is 20.6. The Kier molecular flexibility index (Phi) is 9.55. The van der Waals surface area contributed by atoms with Gasteiger partial charge in [-0.15, -0.1) is 0 Å². The van der Waals surface area contributed by atoms with Crippen molar-refractivity contribution in [2.45, 2.75) is 69.8 Å². The first-order valence-electron chi connectivity index (χ1n) is 13.3. The first-order chi connectivity index (χ1) is 17.3. The summed E-state index contributed by atoms with van der Waals surface area (Å²) in [7, 11) is 2.11. The molecule has 9 heteroatoms. The van der Waals surface area contributed by atoms with E-state index in [1.807, 2.05) is 24.0 Å². The standard InChI is InChI=1S/C27H42BrN3O5/c1-5-6-9-30-14-21(28)11-22-26(33)31(19(3)16-32)12-18(2)25(36-27(22)30)15-29(4)13-20-7-8-23-24(10-20)35-17-34-23/h7-8,10,18-19,21-22,25,27,32H,5-6,9,11-17H2,1-4H3. The van der Waals surface area contributed by atoms with E-state index < -0.39 is 0 Å². The van der Waals surface area contributed by atoms with E-state index in [0.29, 0.717) is 6.54 Å². The lowest BCUT2D eigenvalue weighted by atomic mass is 9.90. The molecule has 1 aromatic carbocycles. The van der Waals surface area contributed by atoms with Crippen LogP contribution in [0.5, 0.6) is 11.5 Å². The number of piperidine rings is 1. The number of ether oxygens (including phenoxy) is 3. The minimum absolute atomic E-state index is 0.0390. The number of carbonyl (C=O) groups excluding carboxylic acids is 1. The molecule has 6 unspecified atom stereocenters. The number of carbonyl (C=O) groups is 1. The number of hydrogen-bond acceptors (Lipinski definition) is 7. The minimum atomic E-state index is -0.252. The fraction of sp³-hybridized carbons (Fsp3) is 0.741. The maximum absolute atomic E-state index is 13.8. The average molecular weight is 569 g/mol. The second-order valence-corrected chi connectivity index (χ2v) is 12.0. The van der Waals surface area contributed by atoms with Crippen LogP contribution in [0.3, 0.4) is 0 Å². The number of aliphatic hydroxyl groups excluding tert-OH is 1. The number of aliphatic hydroxyl groups is 1. The maximum atomic E-state index is 13.8. The van der Waals surface area contributed by atoms with Gasteiger partial charge in [-0.3, -0.25) is 14.6 Å². The molecule has 36 heavy (non-hydrogen) atoms. The fourth-order valence-corrected chi connectivity index (χ4v) is 6.32. The predicted molar refractivity (Wildman–Crippen MR) is 142 cm³/mol. The van der Waals surface area contributed by atoms with Gasteiger partial charge in [0, 0.05) is 43.5 Å². The molecule has 3 aliphatic rings. The maximum Gasteiger partial charge on any atom is 0.231 e. The fourth-order valence-electron chi connectivity index (χ4n) is 5.55. The Morgan fingerprint density at radius 1 is 1.25 bits per heavy atom. The first-order valence-corrected chi connectivity index (χ1v) is 14.2. The van der Waals surface area contributed by atoms with Crippen molar-refractivity contribution in [1.82, 2.24) is 14.7 Å². The third-order valence-corrected chi connectivity index (χ3v) is 8.32. The molecule has 2 fully saturated rings. The highest BCUT2D eigenvalue weighted by Gasteiger charge is 2.46. The Hall–Kier alpha value is -1.39. The number of rotatable bonds is 9. The molecule has 0 aliphatic carbocycles. The molecule has 4 rings (SSSR count). The Labute approximate surface area is 224 Å². The highest BCUT2D eigenvalue weighted by Crippen LogP contribution is 2.35. The number of likely N-dealkylation sites (N-methyl/N-ethyl adjacent to an activating group) is 1. The summed E-state index contributed by atoms with van der Waals surface area (Å²) >= 11 is 3.81. The van der Waals surface area contributed by atoms with E-state index in [4.69, 9.17) is 14.2 Å². The molecule has 1 amide bonds. The Bertz CT molecular complexity index is 889. The largest absolute Gasteiger partial charge is 0.454 e. The number of hydrogen-bond donors (Lipinski definition) is 1. The number of alkyl halides is 1. The van der Waals surface area contributed by atoms with Crippen molar-refractivity contribution in [2.24, 2.45) is 11.8 Å². The molecule has 6 atom stereocenters. The van der Waals surface area contributed by atoms with Crippen LogP contribution in [0.25, 0.3) is 0 Å². The van der Waals surface area contributed by atoms with Crippen molar-refractivity contribution in [3.8, 4) is 11.5 Å². The lowest BCUT2D eigenvalue weighted by molar-refractivity contribution is -0.190. The summed E-state index contributed by atoms with van der Waals surface area (Å²) in [6.07, 6.45) is 2.61. The minimum Gasteiger partial charge on any atom is -0.454 e. The Morgan fingerprint density at radius 3 is 2.78 bits per heavy atom. The van der Waals surface area contributed by atoms with Crippen molar-refractivity contribution >= 4 is 21.8 Å². The third kappa shape index (κ3) is 6.35. The molecule has 0 saturated carbocycles. The number of likely N-dealkylation sites (tertiary alicyclic amines) is 1. The van der Waals surface area contributed by atoms with E-state index in [-0.39, 0.29) is 54.3 Å². The monoisotopic (exact) mass is 567 g/mol. The third-order valence-electron chi connectivity index (χ3n) is 7.66. The lowest BCUT2D eigenvalue weighted by Crippen LogP contribution is -2.61. The number of amides is 1. The summed E-state index contributed by atoms with van der Waals surface area (Å²) < 4.78 is 17.9. The summed E-state index contributed by atoms with van der Waals surface area (Å²) in [5.41, 5.74) is 1.16. The van der Waals surface area contributed by atoms with Crippen LogP contribution in [0.15, 0.2) is 18.2 Å².